The van der Waals surface area contributed by atoms with E-state index in [1.54, 1.807) is 48.7 Å². The van der Waals surface area contributed by atoms with E-state index in [9.17, 15) is 13.6 Å². The van der Waals surface area contributed by atoms with Gasteiger partial charge in [0.1, 0.15) is 5.75 Å². The Morgan fingerprint density at radius 1 is 1.07 bits per heavy atom. The van der Waals surface area contributed by atoms with Gasteiger partial charge in [-0.25, -0.2) is 0 Å². The molecule has 0 amide bonds. The Kier molecular flexibility index (Phi) is 5.40. The van der Waals surface area contributed by atoms with Crippen LogP contribution in [0.1, 0.15) is 41.8 Å². The number of carbonyl (C=O) groups is 1. The van der Waals surface area contributed by atoms with Crippen LogP contribution < -0.4 is 4.74 Å². The minimum absolute atomic E-state index is 0.00903. The third-order valence-electron chi connectivity index (χ3n) is 4.43. The fourth-order valence-corrected chi connectivity index (χ4v) is 3.11. The number of methoxy groups -OCH3 is 1. The van der Waals surface area contributed by atoms with E-state index < -0.39 is 6.08 Å². The number of hydrogen-bond acceptors (Lipinski definition) is 2. The van der Waals surface area contributed by atoms with Crippen molar-refractivity contribution in [3.63, 3.8) is 0 Å². The predicted molar refractivity (Wildman–Crippen MR) is 103 cm³/mol. The molecule has 2 aromatic carbocycles. The number of ether oxygens (including phenoxy) is 1. The maximum absolute atomic E-state index is 13.9. The average molecular weight is 369 g/mol. The second kappa shape index (κ2) is 7.74. The Hall–Kier alpha value is -2.95. The molecule has 0 aliphatic heterocycles. The molecule has 1 aromatic heterocycles. The van der Waals surface area contributed by atoms with E-state index in [0.717, 1.165) is 0 Å². The Labute approximate surface area is 156 Å². The summed E-state index contributed by atoms with van der Waals surface area (Å²) >= 11 is 0. The van der Waals surface area contributed by atoms with Gasteiger partial charge in [0, 0.05) is 34.6 Å². The monoisotopic (exact) mass is 369 g/mol. The highest BCUT2D eigenvalue weighted by molar-refractivity contribution is 6.03. The molecular formula is C22H21F2NO2. The number of aromatic nitrogens is 1. The predicted octanol–water partition coefficient (Wildman–Crippen LogP) is 6.06. The van der Waals surface area contributed by atoms with Crippen molar-refractivity contribution in [2.75, 3.05) is 7.11 Å². The lowest BCUT2D eigenvalue weighted by atomic mass is 9.95. The first kappa shape index (κ1) is 18.8. The van der Waals surface area contributed by atoms with E-state index in [1.165, 1.54) is 7.11 Å². The number of halogens is 2. The fourth-order valence-electron chi connectivity index (χ4n) is 3.11. The highest BCUT2D eigenvalue weighted by atomic mass is 19.3. The van der Waals surface area contributed by atoms with E-state index in [4.69, 9.17) is 4.74 Å². The van der Waals surface area contributed by atoms with E-state index >= 15 is 0 Å². The molecule has 27 heavy (non-hydrogen) atoms. The van der Waals surface area contributed by atoms with Gasteiger partial charge in [0.05, 0.1) is 12.7 Å². The van der Waals surface area contributed by atoms with Gasteiger partial charge >= 0.3 is 0 Å². The number of H-pyrrole nitrogens is 1. The summed E-state index contributed by atoms with van der Waals surface area (Å²) in [6.07, 6.45) is 0.198. The summed E-state index contributed by atoms with van der Waals surface area (Å²) in [4.78, 5) is 15.4. The fraction of sp³-hybridized carbons (Fsp3) is 0.227. The van der Waals surface area contributed by atoms with Crippen LogP contribution in [-0.2, 0) is 0 Å². The molecule has 3 aromatic rings. The number of fused-ring (bicyclic) bond motifs is 1. The molecule has 1 heterocycles. The van der Waals surface area contributed by atoms with Crippen LogP contribution in [-0.4, -0.2) is 17.9 Å². The molecule has 140 valence electrons. The van der Waals surface area contributed by atoms with Crippen LogP contribution in [0.15, 0.2) is 54.7 Å². The van der Waals surface area contributed by atoms with Crippen molar-refractivity contribution in [2.24, 2.45) is 5.92 Å². The molecule has 0 unspecified atom stereocenters. The Morgan fingerprint density at radius 3 is 2.33 bits per heavy atom. The van der Waals surface area contributed by atoms with Crippen LogP contribution in [0.5, 0.6) is 5.75 Å². The number of ketones is 1. The minimum atomic E-state index is -1.78. The number of carbonyl (C=O) groups excluding carboxylic acids is 1. The summed E-state index contributed by atoms with van der Waals surface area (Å²) < 4.78 is 32.8. The van der Waals surface area contributed by atoms with Crippen molar-refractivity contribution in [1.82, 2.24) is 4.98 Å². The van der Waals surface area contributed by atoms with Gasteiger partial charge in [-0.1, -0.05) is 26.0 Å². The number of nitrogens with one attached hydrogen (secondary N) is 1. The highest BCUT2D eigenvalue weighted by Gasteiger charge is 2.18. The molecule has 0 atom stereocenters. The molecule has 0 aliphatic rings. The normalized spacial score (nSPS) is 11.0. The lowest BCUT2D eigenvalue weighted by Gasteiger charge is -2.08. The summed E-state index contributed by atoms with van der Waals surface area (Å²) in [6.45, 7) is 3.95. The standard InChI is InChI=1S/C22H21F2NO2/c1-13(2)10-20(26)15-6-9-19-17(11-15)18(12-25-19)21(22(23)24)14-4-7-16(27-3)8-5-14/h4-9,11-13,25H,10H2,1-3H3. The first-order chi connectivity index (χ1) is 12.9. The van der Waals surface area contributed by atoms with Crippen LogP contribution in [0.2, 0.25) is 0 Å². The second-order valence-corrected chi connectivity index (χ2v) is 6.85. The van der Waals surface area contributed by atoms with Crippen molar-refractivity contribution < 1.29 is 18.3 Å². The smallest absolute Gasteiger partial charge is 0.278 e. The quantitative estimate of drug-likeness (QED) is 0.537. The largest absolute Gasteiger partial charge is 0.497 e. The third kappa shape index (κ3) is 3.92. The van der Waals surface area contributed by atoms with Crippen molar-refractivity contribution >= 4 is 22.3 Å². The minimum Gasteiger partial charge on any atom is -0.497 e. The lowest BCUT2D eigenvalue weighted by Crippen LogP contribution is -2.03. The molecule has 0 saturated carbocycles. The summed E-state index contributed by atoms with van der Waals surface area (Å²) in [6, 6.07) is 11.7. The van der Waals surface area contributed by atoms with Gasteiger partial charge < -0.3 is 9.72 Å². The van der Waals surface area contributed by atoms with Gasteiger partial charge in [-0.3, -0.25) is 4.79 Å². The number of aromatic amines is 1. The molecule has 0 aliphatic carbocycles. The van der Waals surface area contributed by atoms with Crippen molar-refractivity contribution in [3.05, 3.63) is 71.4 Å². The zero-order valence-electron chi connectivity index (χ0n) is 15.5. The maximum Gasteiger partial charge on any atom is 0.278 e. The molecule has 0 bridgehead atoms. The van der Waals surface area contributed by atoms with E-state index in [0.29, 0.717) is 39.8 Å². The van der Waals surface area contributed by atoms with Crippen LogP contribution in [0.4, 0.5) is 8.78 Å². The van der Waals surface area contributed by atoms with Crippen molar-refractivity contribution in [3.8, 4) is 5.75 Å². The van der Waals surface area contributed by atoms with Gasteiger partial charge in [0.25, 0.3) is 6.08 Å². The SMILES string of the molecule is COc1ccc(C(=C(F)F)c2c[nH]c3ccc(C(=O)CC(C)C)cc23)cc1. The van der Waals surface area contributed by atoms with E-state index in [-0.39, 0.29) is 17.3 Å². The van der Waals surface area contributed by atoms with Gasteiger partial charge in [-0.05, 0) is 41.8 Å². The molecule has 3 nitrogen and oxygen atoms in total. The number of rotatable bonds is 6. The van der Waals surface area contributed by atoms with Crippen molar-refractivity contribution in [1.29, 1.82) is 0 Å². The average Bonchev–Trinajstić information content (AvgIpc) is 3.04. The highest BCUT2D eigenvalue weighted by Crippen LogP contribution is 2.34. The summed E-state index contributed by atoms with van der Waals surface area (Å²) in [7, 11) is 1.52. The molecule has 0 radical (unpaired) electrons. The van der Waals surface area contributed by atoms with Crippen molar-refractivity contribution in [2.45, 2.75) is 20.3 Å². The molecule has 0 saturated heterocycles. The maximum atomic E-state index is 13.9. The molecule has 3 rings (SSSR count). The number of benzene rings is 2. The van der Waals surface area contributed by atoms with Crippen LogP contribution in [0.25, 0.3) is 16.5 Å². The Bertz CT molecular complexity index is 997. The van der Waals surface area contributed by atoms with Crippen LogP contribution in [0, 0.1) is 5.92 Å². The topological polar surface area (TPSA) is 42.1 Å². The first-order valence-corrected chi connectivity index (χ1v) is 8.75. The molecule has 0 fully saturated rings. The van der Waals surface area contributed by atoms with Gasteiger partial charge in [0.2, 0.25) is 0 Å². The number of hydrogen-bond donors (Lipinski definition) is 1. The molecular weight excluding hydrogens is 348 g/mol. The Balaban J connectivity index is 2.10. The third-order valence-corrected chi connectivity index (χ3v) is 4.43. The van der Waals surface area contributed by atoms with Crippen LogP contribution in [0.3, 0.4) is 0 Å². The lowest BCUT2D eigenvalue weighted by molar-refractivity contribution is 0.0968. The molecule has 0 spiro atoms. The van der Waals surface area contributed by atoms with Gasteiger partial charge in [-0.2, -0.15) is 8.78 Å². The Morgan fingerprint density at radius 2 is 1.74 bits per heavy atom. The second-order valence-electron chi connectivity index (χ2n) is 6.85. The van der Waals surface area contributed by atoms with E-state index in [1.807, 2.05) is 13.8 Å². The summed E-state index contributed by atoms with van der Waals surface area (Å²) in [5.41, 5.74) is 1.84. The zero-order chi connectivity index (χ0) is 19.6. The van der Waals surface area contributed by atoms with Gasteiger partial charge in [0.15, 0.2) is 5.78 Å². The van der Waals surface area contributed by atoms with E-state index in [2.05, 4.69) is 4.98 Å². The molecule has 5 heteroatoms. The first-order valence-electron chi connectivity index (χ1n) is 8.75. The molecule has 1 N–H and O–H groups in total. The summed E-state index contributed by atoms with van der Waals surface area (Å²) in [5, 5.41) is 0.600. The van der Waals surface area contributed by atoms with Crippen LogP contribution >= 0.6 is 0 Å². The zero-order valence-corrected chi connectivity index (χ0v) is 15.5. The van der Waals surface area contributed by atoms with Gasteiger partial charge in [-0.15, -0.1) is 0 Å². The summed E-state index contributed by atoms with van der Waals surface area (Å²) in [5.74, 6) is 0.838. The number of Topliss-reactive ketones (excluding diaryl/α,β-unsaturated/α-hetero) is 1.